The second-order valence-corrected chi connectivity index (χ2v) is 9.24. The summed E-state index contributed by atoms with van der Waals surface area (Å²) < 4.78 is 42.0. The van der Waals surface area contributed by atoms with Gasteiger partial charge in [0, 0.05) is 11.6 Å². The van der Waals surface area contributed by atoms with Gasteiger partial charge in [-0.15, -0.1) is 0 Å². The van der Waals surface area contributed by atoms with Crippen molar-refractivity contribution in [3.05, 3.63) is 88.5 Å². The summed E-state index contributed by atoms with van der Waals surface area (Å²) in [5.74, 6) is -2.89. The molecular weight excluding hydrogens is 498 g/mol. The van der Waals surface area contributed by atoms with Gasteiger partial charge in [-0.05, 0) is 61.1 Å². The van der Waals surface area contributed by atoms with Gasteiger partial charge in [0.2, 0.25) is 0 Å². The van der Waals surface area contributed by atoms with Crippen molar-refractivity contribution in [1.82, 2.24) is 5.32 Å². The fourth-order valence-electron chi connectivity index (χ4n) is 3.68. The number of aryl methyl sites for hydroxylation is 2. The summed E-state index contributed by atoms with van der Waals surface area (Å²) in [6.07, 6.45) is 0.458. The molecule has 37 heavy (non-hydrogen) atoms. The average Bonchev–Trinajstić information content (AvgIpc) is 3.16. The van der Waals surface area contributed by atoms with E-state index >= 15 is 0 Å². The molecule has 0 spiro atoms. The molecule has 0 saturated carbocycles. The number of fused-ring (bicyclic) bond motifs is 2. The number of aliphatic carboxylic acids is 1. The van der Waals surface area contributed by atoms with Crippen LogP contribution in [0.2, 0.25) is 0 Å². The zero-order valence-electron chi connectivity index (χ0n) is 22.0. The van der Waals surface area contributed by atoms with Crippen LogP contribution in [0.3, 0.4) is 0 Å². The SMILES string of the molecule is CSCCC(NC(=O)c1ccc(C)cc1-c1ccccc1C)C(=O)O.Fc1cc2cc(c1F)C(F)O2.[H-].[Li+]. The number of benzene rings is 3. The van der Waals surface area contributed by atoms with E-state index in [1.807, 2.05) is 56.5 Å². The molecule has 0 aliphatic carbocycles. The number of carbonyl (C=O) groups is 2. The maximum atomic E-state index is 12.8. The number of halogens is 3. The molecule has 5 nitrogen and oxygen atoms in total. The van der Waals surface area contributed by atoms with Crippen LogP contribution in [0.4, 0.5) is 13.2 Å². The fraction of sp³-hybridized carbons (Fsp3) is 0.259. The number of thioether (sulfide) groups is 1. The van der Waals surface area contributed by atoms with Gasteiger partial charge >= 0.3 is 24.8 Å². The van der Waals surface area contributed by atoms with Crippen molar-refractivity contribution < 1.29 is 52.9 Å². The Morgan fingerprint density at radius 3 is 2.46 bits per heavy atom. The number of nitrogens with one attached hydrogen (secondary N) is 1. The molecule has 2 N–H and O–H groups in total. The van der Waals surface area contributed by atoms with Gasteiger partial charge < -0.3 is 16.6 Å². The molecule has 4 rings (SSSR count). The largest absolute Gasteiger partial charge is 1.00 e. The molecule has 3 aromatic rings. The minimum absolute atomic E-state index is 0. The van der Waals surface area contributed by atoms with Crippen LogP contribution in [-0.2, 0) is 4.79 Å². The summed E-state index contributed by atoms with van der Waals surface area (Å²) in [6.45, 7) is 3.97. The third kappa shape index (κ3) is 7.57. The van der Waals surface area contributed by atoms with E-state index in [4.69, 9.17) is 0 Å². The monoisotopic (exact) mass is 525 g/mol. The van der Waals surface area contributed by atoms with Crippen LogP contribution in [0.5, 0.6) is 5.75 Å². The Morgan fingerprint density at radius 2 is 1.81 bits per heavy atom. The predicted molar refractivity (Wildman–Crippen MR) is 135 cm³/mol. The zero-order valence-corrected chi connectivity index (χ0v) is 21.8. The Balaban J connectivity index is 0.000000464. The molecule has 0 aromatic heterocycles. The first-order chi connectivity index (χ1) is 17.1. The number of ether oxygens (including phenoxy) is 1. The number of amides is 1. The van der Waals surface area contributed by atoms with E-state index in [9.17, 15) is 27.9 Å². The first kappa shape index (κ1) is 30.4. The smallest absolute Gasteiger partial charge is 1.00 e. The van der Waals surface area contributed by atoms with E-state index in [0.717, 1.165) is 34.4 Å². The van der Waals surface area contributed by atoms with Crippen molar-refractivity contribution in [1.29, 1.82) is 0 Å². The number of hydrogen-bond acceptors (Lipinski definition) is 4. The molecule has 10 heteroatoms. The normalized spacial score (nSPS) is 13.9. The Hall–Kier alpha value is -2.86. The standard InChI is InChI=1S/C20H23NO3S.C7H3F3O.Li.H/c1-13-8-9-16(17(12-13)15-7-5-4-6-14(15)2)19(22)21-18(20(23)24)10-11-25-3;8-5-2-3-1-4(6(5)9)7(10)11-3;;/h4-9,12,18H,10-11H2,1-3H3,(H,21,22)(H,23,24);1-2,7H;;/q;;+1;-1. The quantitative estimate of drug-likeness (QED) is 0.463. The van der Waals surface area contributed by atoms with Crippen LogP contribution in [0.25, 0.3) is 11.1 Å². The van der Waals surface area contributed by atoms with Crippen molar-refractivity contribution in [2.45, 2.75) is 32.7 Å². The van der Waals surface area contributed by atoms with Crippen molar-refractivity contribution in [3.8, 4) is 16.9 Å². The van der Waals surface area contributed by atoms with Gasteiger partial charge in [-0.1, -0.05) is 42.0 Å². The molecule has 0 saturated heterocycles. The average molecular weight is 526 g/mol. The number of alkyl halides is 1. The van der Waals surface area contributed by atoms with Gasteiger partial charge in [0.05, 0.1) is 5.56 Å². The molecule has 3 aromatic carbocycles. The minimum Gasteiger partial charge on any atom is -1.00 e. The molecule has 1 heterocycles. The van der Waals surface area contributed by atoms with Gasteiger partial charge in [-0.25, -0.2) is 13.6 Å². The van der Waals surface area contributed by atoms with Crippen molar-refractivity contribution in [2.75, 3.05) is 12.0 Å². The van der Waals surface area contributed by atoms with Gasteiger partial charge in [-0.3, -0.25) is 4.79 Å². The van der Waals surface area contributed by atoms with E-state index < -0.39 is 30.0 Å². The summed E-state index contributed by atoms with van der Waals surface area (Å²) in [4.78, 5) is 24.2. The number of carboxylic acid groups (broad SMARTS) is 1. The van der Waals surface area contributed by atoms with E-state index in [1.54, 1.807) is 17.8 Å². The molecular formula is C27H27F3LiNO4S. The topological polar surface area (TPSA) is 75.6 Å². The molecule has 0 radical (unpaired) electrons. The van der Waals surface area contributed by atoms with Gasteiger partial charge in [0.25, 0.3) is 12.3 Å². The maximum absolute atomic E-state index is 12.8. The summed E-state index contributed by atoms with van der Waals surface area (Å²) in [5, 5.41) is 12.0. The van der Waals surface area contributed by atoms with E-state index in [0.29, 0.717) is 17.7 Å². The summed E-state index contributed by atoms with van der Waals surface area (Å²) in [7, 11) is 0. The third-order valence-corrected chi connectivity index (χ3v) is 6.23. The van der Waals surface area contributed by atoms with Crippen LogP contribution in [0.15, 0.2) is 54.6 Å². The summed E-state index contributed by atoms with van der Waals surface area (Å²) in [5.41, 5.74) is 4.05. The number of rotatable bonds is 7. The van der Waals surface area contributed by atoms with E-state index in [-0.39, 0.29) is 37.5 Å². The van der Waals surface area contributed by atoms with Gasteiger partial charge in [0.15, 0.2) is 11.6 Å². The van der Waals surface area contributed by atoms with E-state index in [1.165, 1.54) is 0 Å². The first-order valence-corrected chi connectivity index (χ1v) is 12.5. The Labute approximate surface area is 231 Å². The second-order valence-electron chi connectivity index (χ2n) is 8.25. The molecule has 1 amide bonds. The Kier molecular flexibility index (Phi) is 11.2. The molecule has 1 aliphatic heterocycles. The number of carboxylic acids is 1. The predicted octanol–water partition coefficient (Wildman–Crippen LogP) is 3.35. The van der Waals surface area contributed by atoms with Gasteiger partial charge in [-0.2, -0.15) is 16.2 Å². The molecule has 2 atom stereocenters. The third-order valence-electron chi connectivity index (χ3n) is 5.58. The maximum Gasteiger partial charge on any atom is 1.00 e. The number of carbonyl (C=O) groups excluding carboxylic acids is 1. The van der Waals surface area contributed by atoms with Crippen molar-refractivity contribution >= 4 is 23.6 Å². The molecule has 1 aliphatic rings. The number of hydrogen-bond donors (Lipinski definition) is 2. The van der Waals surface area contributed by atoms with E-state index in [2.05, 4.69) is 10.1 Å². The van der Waals surface area contributed by atoms with Crippen molar-refractivity contribution in [3.63, 3.8) is 0 Å². The van der Waals surface area contributed by atoms with Crippen LogP contribution < -0.4 is 28.9 Å². The van der Waals surface area contributed by atoms with Gasteiger partial charge in [0.1, 0.15) is 11.8 Å². The van der Waals surface area contributed by atoms with Crippen molar-refractivity contribution in [2.24, 2.45) is 0 Å². The van der Waals surface area contributed by atoms with Crippen LogP contribution >= 0.6 is 11.8 Å². The Bertz CT molecular complexity index is 1280. The molecule has 0 fully saturated rings. The summed E-state index contributed by atoms with van der Waals surface area (Å²) >= 11 is 1.56. The van der Waals surface area contributed by atoms with Crippen LogP contribution in [0.1, 0.15) is 41.3 Å². The first-order valence-electron chi connectivity index (χ1n) is 11.1. The molecule has 192 valence electrons. The summed E-state index contributed by atoms with van der Waals surface area (Å²) in [6, 6.07) is 14.5. The Morgan fingerprint density at radius 1 is 1.11 bits per heavy atom. The molecule has 2 unspecified atom stereocenters. The van der Waals surface area contributed by atoms with Crippen LogP contribution in [-0.4, -0.2) is 35.0 Å². The molecule has 2 bridgehead atoms. The minimum atomic E-state index is -1.85. The second kappa shape index (κ2) is 13.6. The fourth-order valence-corrected chi connectivity index (χ4v) is 4.16. The van der Waals surface area contributed by atoms with Crippen LogP contribution in [0, 0.1) is 25.5 Å². The zero-order chi connectivity index (χ0) is 26.4.